The molecule has 0 aliphatic heterocycles. The summed E-state index contributed by atoms with van der Waals surface area (Å²) in [5.41, 5.74) is 0.250. The zero-order valence-electron chi connectivity index (χ0n) is 10.2. The van der Waals surface area contributed by atoms with Crippen LogP contribution in [0.5, 0.6) is 0 Å². The van der Waals surface area contributed by atoms with Crippen LogP contribution in [-0.4, -0.2) is 24.5 Å². The van der Waals surface area contributed by atoms with Crippen molar-refractivity contribution in [3.63, 3.8) is 0 Å². The molecule has 0 aromatic heterocycles. The van der Waals surface area contributed by atoms with Crippen molar-refractivity contribution in [3.05, 3.63) is 35.9 Å². The third-order valence-electron chi connectivity index (χ3n) is 2.72. The van der Waals surface area contributed by atoms with Gasteiger partial charge >= 0.3 is 6.16 Å². The van der Waals surface area contributed by atoms with Crippen molar-refractivity contribution in [2.45, 2.75) is 25.9 Å². The lowest BCUT2D eigenvalue weighted by atomic mass is 9.91. The summed E-state index contributed by atoms with van der Waals surface area (Å²) >= 11 is 0. The van der Waals surface area contributed by atoms with E-state index < -0.39 is 11.8 Å². The van der Waals surface area contributed by atoms with Crippen LogP contribution in [0.3, 0.4) is 0 Å². The third kappa shape index (κ3) is 3.46. The minimum absolute atomic E-state index is 0.0106. The van der Waals surface area contributed by atoms with E-state index in [0.29, 0.717) is 13.0 Å². The van der Waals surface area contributed by atoms with E-state index in [1.54, 1.807) is 0 Å². The Morgan fingerprint density at radius 3 is 2.41 bits per heavy atom. The molecule has 17 heavy (non-hydrogen) atoms. The normalized spacial score (nSPS) is 14.0. The van der Waals surface area contributed by atoms with Crippen LogP contribution < -0.4 is 0 Å². The Bertz CT molecular complexity index is 350. The maximum atomic E-state index is 10.5. The maximum Gasteiger partial charge on any atom is 0.505 e. The van der Waals surface area contributed by atoms with Crippen molar-refractivity contribution in [1.82, 2.24) is 0 Å². The zero-order chi connectivity index (χ0) is 12.7. The van der Waals surface area contributed by atoms with Gasteiger partial charge in [0.25, 0.3) is 0 Å². The number of benzene rings is 1. The van der Waals surface area contributed by atoms with Crippen molar-refractivity contribution in [3.8, 4) is 0 Å². The first kappa shape index (κ1) is 13.5. The van der Waals surface area contributed by atoms with Gasteiger partial charge in [-0.3, -0.25) is 0 Å². The van der Waals surface area contributed by atoms with E-state index in [9.17, 15) is 4.79 Å². The Morgan fingerprint density at radius 1 is 1.29 bits per heavy atom. The first-order chi connectivity index (χ1) is 8.14. The Morgan fingerprint density at radius 2 is 1.94 bits per heavy atom. The first-order valence-electron chi connectivity index (χ1n) is 5.70. The Hall–Kier alpha value is -1.55. The zero-order valence-corrected chi connectivity index (χ0v) is 10.2. The van der Waals surface area contributed by atoms with Gasteiger partial charge < -0.3 is 14.6 Å². The molecular formula is C13H18O4. The van der Waals surface area contributed by atoms with E-state index in [-0.39, 0.29) is 6.61 Å². The molecule has 0 amide bonds. The van der Waals surface area contributed by atoms with E-state index in [2.05, 4.69) is 0 Å². The molecule has 0 spiro atoms. The highest BCUT2D eigenvalue weighted by molar-refractivity contribution is 5.56. The second-order valence-electron chi connectivity index (χ2n) is 3.70. The fourth-order valence-corrected chi connectivity index (χ4v) is 1.81. The summed E-state index contributed by atoms with van der Waals surface area (Å²) in [7, 11) is 0. The molecule has 0 saturated heterocycles. The highest BCUT2D eigenvalue weighted by Gasteiger charge is 2.32. The van der Waals surface area contributed by atoms with E-state index in [1.165, 1.54) is 0 Å². The molecule has 0 aliphatic rings. The average Bonchev–Trinajstić information content (AvgIpc) is 2.35. The van der Waals surface area contributed by atoms with E-state index >= 15 is 0 Å². The Balaban J connectivity index is 2.95. The average molecular weight is 238 g/mol. The number of ether oxygens (including phenoxy) is 2. The molecule has 1 aromatic rings. The summed E-state index contributed by atoms with van der Waals surface area (Å²) in [6, 6.07) is 9.56. The summed E-state index contributed by atoms with van der Waals surface area (Å²) in [5.74, 6) is 0. The number of hydrogen-bond donors (Lipinski definition) is 1. The predicted octanol–water partition coefficient (Wildman–Crippen LogP) is 3.02. The Kier molecular flexibility index (Phi) is 4.97. The topological polar surface area (TPSA) is 55.8 Å². The van der Waals surface area contributed by atoms with Gasteiger partial charge in [0, 0.05) is 6.61 Å². The standard InChI is InChI=1S/C13H18O4/c1-3-13(17-4-2,10-16-12(14)15)11-8-6-5-7-9-11/h5-9H,3-4,10H2,1-2H3,(H,14,15). The predicted molar refractivity (Wildman–Crippen MR) is 64.0 cm³/mol. The highest BCUT2D eigenvalue weighted by atomic mass is 16.7. The van der Waals surface area contributed by atoms with Gasteiger partial charge in [0.15, 0.2) is 0 Å². The van der Waals surface area contributed by atoms with Crippen LogP contribution in [0, 0.1) is 0 Å². The molecule has 4 heteroatoms. The van der Waals surface area contributed by atoms with E-state index in [0.717, 1.165) is 5.56 Å². The molecule has 1 aromatic carbocycles. The number of rotatable bonds is 6. The molecule has 0 saturated carbocycles. The van der Waals surface area contributed by atoms with Crippen LogP contribution in [-0.2, 0) is 15.1 Å². The fourth-order valence-electron chi connectivity index (χ4n) is 1.81. The summed E-state index contributed by atoms with van der Waals surface area (Å²) in [4.78, 5) is 10.5. The lowest BCUT2D eigenvalue weighted by Crippen LogP contribution is -2.35. The van der Waals surface area contributed by atoms with Crippen molar-refractivity contribution in [1.29, 1.82) is 0 Å². The van der Waals surface area contributed by atoms with Crippen LogP contribution in [0.2, 0.25) is 0 Å². The lowest BCUT2D eigenvalue weighted by Gasteiger charge is -2.32. The van der Waals surface area contributed by atoms with E-state index in [1.807, 2.05) is 44.2 Å². The van der Waals surface area contributed by atoms with Gasteiger partial charge in [0.1, 0.15) is 12.2 Å². The summed E-state index contributed by atoms with van der Waals surface area (Å²) in [6.45, 7) is 4.35. The minimum atomic E-state index is -1.28. The van der Waals surface area contributed by atoms with Gasteiger partial charge in [0.05, 0.1) is 0 Å². The molecule has 1 rings (SSSR count). The van der Waals surface area contributed by atoms with Crippen LogP contribution in [0.1, 0.15) is 25.8 Å². The van der Waals surface area contributed by atoms with Crippen molar-refractivity contribution in [2.75, 3.05) is 13.2 Å². The van der Waals surface area contributed by atoms with Gasteiger partial charge in [-0.05, 0) is 18.9 Å². The monoisotopic (exact) mass is 238 g/mol. The molecule has 1 N–H and O–H groups in total. The third-order valence-corrected chi connectivity index (χ3v) is 2.72. The number of carbonyl (C=O) groups is 1. The molecule has 1 atom stereocenters. The molecule has 1 unspecified atom stereocenters. The SMILES string of the molecule is CCOC(CC)(COC(=O)O)c1ccccc1. The quantitative estimate of drug-likeness (QED) is 0.774. The number of carboxylic acid groups (broad SMARTS) is 1. The molecule has 4 nitrogen and oxygen atoms in total. The van der Waals surface area contributed by atoms with Crippen LogP contribution in [0.4, 0.5) is 4.79 Å². The Labute approximate surface area is 101 Å². The van der Waals surface area contributed by atoms with Gasteiger partial charge in [-0.15, -0.1) is 0 Å². The largest absolute Gasteiger partial charge is 0.505 e. The molecule has 0 heterocycles. The lowest BCUT2D eigenvalue weighted by molar-refractivity contribution is -0.0912. The van der Waals surface area contributed by atoms with Gasteiger partial charge in [-0.1, -0.05) is 37.3 Å². The minimum Gasteiger partial charge on any atom is -0.450 e. The van der Waals surface area contributed by atoms with Crippen LogP contribution >= 0.6 is 0 Å². The van der Waals surface area contributed by atoms with Crippen molar-refractivity contribution < 1.29 is 19.4 Å². The second kappa shape index (κ2) is 6.25. The smallest absolute Gasteiger partial charge is 0.450 e. The van der Waals surface area contributed by atoms with E-state index in [4.69, 9.17) is 14.6 Å². The molecule has 0 radical (unpaired) electrons. The number of hydrogen-bond acceptors (Lipinski definition) is 3. The first-order valence-corrected chi connectivity index (χ1v) is 5.70. The van der Waals surface area contributed by atoms with Crippen LogP contribution in [0.15, 0.2) is 30.3 Å². The summed E-state index contributed by atoms with van der Waals surface area (Å²) in [6.07, 6.45) is -0.628. The summed E-state index contributed by atoms with van der Waals surface area (Å²) < 4.78 is 10.4. The highest BCUT2D eigenvalue weighted by Crippen LogP contribution is 2.29. The van der Waals surface area contributed by atoms with Gasteiger partial charge in [-0.25, -0.2) is 4.79 Å². The van der Waals surface area contributed by atoms with Crippen molar-refractivity contribution in [2.24, 2.45) is 0 Å². The summed E-state index contributed by atoms with van der Waals surface area (Å²) in [5, 5.41) is 8.61. The molecule has 94 valence electrons. The molecule has 0 aliphatic carbocycles. The van der Waals surface area contributed by atoms with Crippen molar-refractivity contribution >= 4 is 6.16 Å². The maximum absolute atomic E-state index is 10.5. The molecule has 0 bridgehead atoms. The fraction of sp³-hybridized carbons (Fsp3) is 0.462. The van der Waals surface area contributed by atoms with Gasteiger partial charge in [-0.2, -0.15) is 0 Å². The van der Waals surface area contributed by atoms with Gasteiger partial charge in [0.2, 0.25) is 0 Å². The second-order valence-corrected chi connectivity index (χ2v) is 3.70. The van der Waals surface area contributed by atoms with Crippen LogP contribution in [0.25, 0.3) is 0 Å². The molecule has 0 fully saturated rings. The molecular weight excluding hydrogens is 220 g/mol.